The molecular weight excluding hydrogens is 390 g/mol. The summed E-state index contributed by atoms with van der Waals surface area (Å²) in [5.41, 5.74) is 0.0669. The molecule has 0 bridgehead atoms. The Labute approximate surface area is 163 Å². The van der Waals surface area contributed by atoms with E-state index in [1.165, 1.54) is 38.1 Å². The molecule has 1 atom stereocenters. The number of carbonyl (C=O) groups is 1. The van der Waals surface area contributed by atoms with Crippen LogP contribution in [0.15, 0.2) is 46.9 Å². The standard InChI is InChI=1S/C16H17N5O8/c1-9-13(16(22)17-6-7-29-21(27)28)14(15(20(25)26)10(2)18-9)11-4-3-5-12(8-11)19(23)24/h3-5,8,14,18H,6-7H2,1-2H3,(H,17,22)/t14-/m0/s1. The first-order valence-corrected chi connectivity index (χ1v) is 8.26. The predicted octanol–water partition coefficient (Wildman–Crippen LogP) is 1.39. The Kier molecular flexibility index (Phi) is 6.43. The minimum atomic E-state index is -1.18. The van der Waals surface area contributed by atoms with Crippen LogP contribution in [0, 0.1) is 30.3 Å². The highest BCUT2D eigenvalue weighted by atomic mass is 16.9. The second-order valence-electron chi connectivity index (χ2n) is 6.03. The van der Waals surface area contributed by atoms with Crippen molar-refractivity contribution in [3.8, 4) is 0 Å². The van der Waals surface area contributed by atoms with Gasteiger partial charge in [0.25, 0.3) is 16.5 Å². The summed E-state index contributed by atoms with van der Waals surface area (Å²) < 4.78 is 0. The van der Waals surface area contributed by atoms with E-state index in [-0.39, 0.29) is 34.8 Å². The fourth-order valence-corrected chi connectivity index (χ4v) is 3.05. The lowest BCUT2D eigenvalue weighted by Crippen LogP contribution is -2.37. The molecule has 154 valence electrons. The van der Waals surface area contributed by atoms with Gasteiger partial charge in [0.15, 0.2) is 0 Å². The summed E-state index contributed by atoms with van der Waals surface area (Å²) in [6, 6.07) is 5.23. The fraction of sp³-hybridized carbons (Fsp3) is 0.312. The maximum atomic E-state index is 12.7. The largest absolute Gasteiger partial charge is 0.357 e. The van der Waals surface area contributed by atoms with Crippen molar-refractivity contribution < 1.29 is 24.6 Å². The van der Waals surface area contributed by atoms with Gasteiger partial charge in [-0.15, -0.1) is 10.1 Å². The number of rotatable bonds is 8. The summed E-state index contributed by atoms with van der Waals surface area (Å²) in [5.74, 6) is -1.90. The van der Waals surface area contributed by atoms with E-state index >= 15 is 0 Å². The van der Waals surface area contributed by atoms with E-state index in [0.717, 1.165) is 0 Å². The number of nitrogens with zero attached hydrogens (tertiary/aromatic N) is 3. The van der Waals surface area contributed by atoms with E-state index in [0.29, 0.717) is 5.70 Å². The predicted molar refractivity (Wildman–Crippen MR) is 97.3 cm³/mol. The van der Waals surface area contributed by atoms with Crippen molar-refractivity contribution in [2.75, 3.05) is 13.2 Å². The molecule has 1 aliphatic heterocycles. The molecule has 29 heavy (non-hydrogen) atoms. The molecule has 2 N–H and O–H groups in total. The summed E-state index contributed by atoms with van der Waals surface area (Å²) in [4.78, 5) is 48.5. The molecule has 1 aromatic rings. The Balaban J connectivity index is 2.46. The average molecular weight is 407 g/mol. The van der Waals surface area contributed by atoms with E-state index in [9.17, 15) is 35.1 Å². The van der Waals surface area contributed by atoms with Gasteiger partial charge in [0.05, 0.1) is 21.1 Å². The van der Waals surface area contributed by atoms with E-state index in [2.05, 4.69) is 15.5 Å². The number of nitrogens with one attached hydrogen (secondary N) is 2. The SMILES string of the molecule is CC1=C(C(=O)NCCO[N+](=O)[O-])[C@H](c2cccc([N+](=O)[O-])c2)C([N+](=O)[O-])=C(C)N1. The van der Waals surface area contributed by atoms with Crippen LogP contribution in [0.1, 0.15) is 25.3 Å². The molecule has 13 nitrogen and oxygen atoms in total. The van der Waals surface area contributed by atoms with Gasteiger partial charge in [0, 0.05) is 24.4 Å². The average Bonchev–Trinajstić information content (AvgIpc) is 2.64. The van der Waals surface area contributed by atoms with Crippen molar-refractivity contribution in [1.82, 2.24) is 10.6 Å². The zero-order valence-corrected chi connectivity index (χ0v) is 15.4. The van der Waals surface area contributed by atoms with Gasteiger partial charge in [-0.3, -0.25) is 25.0 Å². The summed E-state index contributed by atoms with van der Waals surface area (Å²) >= 11 is 0. The zero-order valence-electron chi connectivity index (χ0n) is 15.4. The molecule has 0 aromatic heterocycles. The number of hydrogen-bond acceptors (Lipinski definition) is 9. The molecule has 1 aromatic carbocycles. The highest BCUT2D eigenvalue weighted by Crippen LogP contribution is 2.39. The molecule has 1 amide bonds. The number of non-ortho nitro benzene ring substituents is 1. The molecule has 0 aliphatic carbocycles. The maximum Gasteiger partial charge on any atom is 0.294 e. The van der Waals surface area contributed by atoms with Crippen molar-refractivity contribution >= 4 is 11.6 Å². The van der Waals surface area contributed by atoms with Crippen LogP contribution < -0.4 is 10.6 Å². The number of nitro groups is 2. The molecule has 1 heterocycles. The number of nitro benzene ring substituents is 1. The van der Waals surface area contributed by atoms with Gasteiger partial charge < -0.3 is 15.5 Å². The first kappa shape index (κ1) is 21.3. The third kappa shape index (κ3) is 4.82. The van der Waals surface area contributed by atoms with E-state index in [4.69, 9.17) is 0 Å². The Bertz CT molecular complexity index is 939. The van der Waals surface area contributed by atoms with Crippen molar-refractivity contribution in [3.63, 3.8) is 0 Å². The highest BCUT2D eigenvalue weighted by molar-refractivity contribution is 5.96. The number of benzene rings is 1. The topological polar surface area (TPSA) is 180 Å². The van der Waals surface area contributed by atoms with Crippen LogP contribution in [0.3, 0.4) is 0 Å². The molecule has 1 aliphatic rings. The maximum absolute atomic E-state index is 12.7. The number of allylic oxidation sites excluding steroid dienone is 3. The van der Waals surface area contributed by atoms with Crippen LogP contribution in [-0.2, 0) is 9.63 Å². The first-order valence-electron chi connectivity index (χ1n) is 8.26. The van der Waals surface area contributed by atoms with Crippen LogP contribution >= 0.6 is 0 Å². The summed E-state index contributed by atoms with van der Waals surface area (Å²) in [5, 5.41) is 37.2. The van der Waals surface area contributed by atoms with Crippen molar-refractivity contribution in [1.29, 1.82) is 0 Å². The van der Waals surface area contributed by atoms with Gasteiger partial charge >= 0.3 is 0 Å². The molecule has 2 rings (SSSR count). The fourth-order valence-electron chi connectivity index (χ4n) is 3.05. The molecular formula is C16H17N5O8. The molecule has 0 unspecified atom stereocenters. The Morgan fingerprint density at radius 2 is 1.83 bits per heavy atom. The lowest BCUT2D eigenvalue weighted by molar-refractivity contribution is -0.757. The lowest BCUT2D eigenvalue weighted by Gasteiger charge is -2.27. The third-order valence-electron chi connectivity index (χ3n) is 4.17. The Morgan fingerprint density at radius 3 is 2.41 bits per heavy atom. The van der Waals surface area contributed by atoms with E-state index < -0.39 is 33.4 Å². The normalized spacial score (nSPS) is 16.1. The van der Waals surface area contributed by atoms with Gasteiger partial charge in [-0.05, 0) is 19.4 Å². The Morgan fingerprint density at radius 1 is 1.14 bits per heavy atom. The first-order chi connectivity index (χ1) is 13.6. The quantitative estimate of drug-likeness (QED) is 0.365. The number of carbonyl (C=O) groups excluding carboxylic acids is 1. The van der Waals surface area contributed by atoms with Crippen LogP contribution in [0.4, 0.5) is 5.69 Å². The van der Waals surface area contributed by atoms with Crippen molar-refractivity contribution in [2.45, 2.75) is 19.8 Å². The summed E-state index contributed by atoms with van der Waals surface area (Å²) in [6.07, 6.45) is 0. The summed E-state index contributed by atoms with van der Waals surface area (Å²) in [7, 11) is 0. The Hall–Kier alpha value is -4.03. The third-order valence-corrected chi connectivity index (χ3v) is 4.17. The van der Waals surface area contributed by atoms with Crippen LogP contribution in [0.5, 0.6) is 0 Å². The highest BCUT2D eigenvalue weighted by Gasteiger charge is 2.40. The molecule has 0 spiro atoms. The number of dihydropyridines is 1. The number of amides is 1. The van der Waals surface area contributed by atoms with Gasteiger partial charge in [-0.25, -0.2) is 0 Å². The minimum absolute atomic E-state index is 0.0242. The van der Waals surface area contributed by atoms with Crippen LogP contribution in [0.2, 0.25) is 0 Å². The molecule has 0 radical (unpaired) electrons. The zero-order chi connectivity index (χ0) is 21.7. The monoisotopic (exact) mass is 407 g/mol. The van der Waals surface area contributed by atoms with Gasteiger partial charge in [0.1, 0.15) is 12.5 Å². The van der Waals surface area contributed by atoms with Gasteiger partial charge in [-0.1, -0.05) is 12.1 Å². The van der Waals surface area contributed by atoms with Crippen LogP contribution in [0.25, 0.3) is 0 Å². The lowest BCUT2D eigenvalue weighted by atomic mass is 9.83. The summed E-state index contributed by atoms with van der Waals surface area (Å²) in [6.45, 7) is 2.38. The molecule has 13 heteroatoms. The smallest absolute Gasteiger partial charge is 0.294 e. The molecule has 0 saturated carbocycles. The van der Waals surface area contributed by atoms with Crippen molar-refractivity contribution in [3.05, 3.63) is 82.8 Å². The van der Waals surface area contributed by atoms with Gasteiger partial charge in [-0.2, -0.15) is 0 Å². The van der Waals surface area contributed by atoms with E-state index in [1.807, 2.05) is 0 Å². The molecule has 0 saturated heterocycles. The van der Waals surface area contributed by atoms with Crippen molar-refractivity contribution in [2.24, 2.45) is 0 Å². The van der Waals surface area contributed by atoms with E-state index in [1.54, 1.807) is 0 Å². The second kappa shape index (κ2) is 8.77. The molecule has 0 fully saturated rings. The second-order valence-corrected chi connectivity index (χ2v) is 6.03. The minimum Gasteiger partial charge on any atom is -0.357 e. The van der Waals surface area contributed by atoms with Crippen LogP contribution in [-0.4, -0.2) is 34.0 Å². The number of hydrogen-bond donors (Lipinski definition) is 2. The van der Waals surface area contributed by atoms with Gasteiger partial charge in [0.2, 0.25) is 5.91 Å².